The minimum atomic E-state index is -3.92. The van der Waals surface area contributed by atoms with Gasteiger partial charge in [0, 0.05) is 12.1 Å². The normalized spacial score (nSPS) is 22.2. The van der Waals surface area contributed by atoms with Crippen molar-refractivity contribution < 1.29 is 21.9 Å². The highest BCUT2D eigenvalue weighted by Gasteiger charge is 2.28. The second kappa shape index (κ2) is 8.05. The molecule has 1 aromatic carbocycles. The fourth-order valence-electron chi connectivity index (χ4n) is 2.33. The summed E-state index contributed by atoms with van der Waals surface area (Å²) in [6, 6.07) is 5.08. The monoisotopic (exact) mass is 356 g/mol. The lowest BCUT2D eigenvalue weighted by Gasteiger charge is -2.30. The second-order valence-corrected chi connectivity index (χ2v) is 6.62. The smallest absolute Gasteiger partial charge is 0.387 e. The van der Waals surface area contributed by atoms with Crippen molar-refractivity contribution in [2.45, 2.75) is 43.4 Å². The van der Waals surface area contributed by atoms with Gasteiger partial charge in [-0.05, 0) is 38.4 Å². The van der Waals surface area contributed by atoms with Crippen molar-refractivity contribution in [1.82, 2.24) is 10.0 Å². The Morgan fingerprint density at radius 3 is 2.68 bits per heavy atom. The van der Waals surface area contributed by atoms with Gasteiger partial charge in [-0.1, -0.05) is 12.1 Å². The van der Waals surface area contributed by atoms with Gasteiger partial charge in [0.25, 0.3) is 0 Å². The molecule has 1 heterocycles. The van der Waals surface area contributed by atoms with Crippen molar-refractivity contribution in [3.63, 3.8) is 0 Å². The summed E-state index contributed by atoms with van der Waals surface area (Å²) in [6.45, 7) is -0.352. The van der Waals surface area contributed by atoms with Crippen molar-refractivity contribution in [1.29, 1.82) is 0 Å². The van der Waals surface area contributed by atoms with Crippen LogP contribution in [0.2, 0.25) is 0 Å². The molecule has 2 unspecified atom stereocenters. The molecule has 1 aromatic rings. The zero-order valence-electron chi connectivity index (χ0n) is 12.0. The van der Waals surface area contributed by atoms with E-state index >= 15 is 0 Å². The lowest BCUT2D eigenvalue weighted by atomic mass is 10.0. The van der Waals surface area contributed by atoms with Gasteiger partial charge in [0.15, 0.2) is 0 Å². The van der Waals surface area contributed by atoms with E-state index in [-0.39, 0.29) is 35.1 Å². The van der Waals surface area contributed by atoms with Crippen LogP contribution >= 0.6 is 12.4 Å². The predicted octanol–water partition coefficient (Wildman–Crippen LogP) is 2.13. The summed E-state index contributed by atoms with van der Waals surface area (Å²) in [6.07, 6.45) is 1.55. The fourth-order valence-corrected chi connectivity index (χ4v) is 3.82. The topological polar surface area (TPSA) is 67.4 Å². The molecular weight excluding hydrogens is 338 g/mol. The Kier molecular flexibility index (Phi) is 6.98. The van der Waals surface area contributed by atoms with Gasteiger partial charge in [0.05, 0.1) is 0 Å². The first kappa shape index (κ1) is 19.1. The van der Waals surface area contributed by atoms with Gasteiger partial charge in [-0.15, -0.1) is 12.4 Å². The minimum absolute atomic E-state index is 0. The molecule has 22 heavy (non-hydrogen) atoms. The van der Waals surface area contributed by atoms with E-state index < -0.39 is 16.6 Å². The van der Waals surface area contributed by atoms with E-state index in [2.05, 4.69) is 14.8 Å². The third-order valence-electron chi connectivity index (χ3n) is 3.42. The maximum atomic E-state index is 12.4. The van der Waals surface area contributed by atoms with Crippen molar-refractivity contribution in [3.05, 3.63) is 24.3 Å². The van der Waals surface area contributed by atoms with Gasteiger partial charge in [-0.25, -0.2) is 13.1 Å². The molecule has 0 spiro atoms. The van der Waals surface area contributed by atoms with Gasteiger partial charge in [0.1, 0.15) is 10.6 Å². The van der Waals surface area contributed by atoms with Crippen molar-refractivity contribution >= 4 is 22.4 Å². The molecule has 0 amide bonds. The number of alkyl halides is 2. The Bertz CT molecular complexity index is 586. The highest BCUT2D eigenvalue weighted by molar-refractivity contribution is 7.89. The van der Waals surface area contributed by atoms with E-state index in [1.807, 2.05) is 6.92 Å². The number of hydrogen-bond donors (Lipinski definition) is 2. The van der Waals surface area contributed by atoms with Gasteiger partial charge in [-0.3, -0.25) is 0 Å². The maximum Gasteiger partial charge on any atom is 0.387 e. The van der Waals surface area contributed by atoms with E-state index in [1.165, 1.54) is 24.3 Å². The average molecular weight is 357 g/mol. The number of piperidine rings is 1. The van der Waals surface area contributed by atoms with E-state index in [9.17, 15) is 17.2 Å². The molecule has 0 saturated carbocycles. The SMILES string of the molecule is CC1NCCCC1NS(=O)(=O)c1ccccc1OC(F)F.Cl. The van der Waals surface area contributed by atoms with Crippen LogP contribution in [-0.2, 0) is 10.0 Å². The van der Waals surface area contributed by atoms with E-state index in [0.717, 1.165) is 13.0 Å². The van der Waals surface area contributed by atoms with Crippen molar-refractivity contribution in [3.8, 4) is 5.75 Å². The average Bonchev–Trinajstić information content (AvgIpc) is 2.41. The molecular formula is C13H19ClF2N2O3S. The van der Waals surface area contributed by atoms with Crippen LogP contribution in [0.4, 0.5) is 8.78 Å². The number of sulfonamides is 1. The van der Waals surface area contributed by atoms with Gasteiger partial charge >= 0.3 is 6.61 Å². The molecule has 2 atom stereocenters. The van der Waals surface area contributed by atoms with Crippen LogP contribution in [0, 0.1) is 0 Å². The molecule has 5 nitrogen and oxygen atoms in total. The Hall–Kier alpha value is -0.960. The van der Waals surface area contributed by atoms with Crippen LogP contribution in [-0.4, -0.2) is 33.7 Å². The molecule has 1 fully saturated rings. The molecule has 0 radical (unpaired) electrons. The molecule has 0 aromatic heterocycles. The number of benzene rings is 1. The van der Waals surface area contributed by atoms with Crippen molar-refractivity contribution in [2.75, 3.05) is 6.54 Å². The van der Waals surface area contributed by atoms with Gasteiger partial charge < -0.3 is 10.1 Å². The van der Waals surface area contributed by atoms with Crippen molar-refractivity contribution in [2.24, 2.45) is 0 Å². The summed E-state index contributed by atoms with van der Waals surface area (Å²) in [4.78, 5) is -0.275. The fraction of sp³-hybridized carbons (Fsp3) is 0.538. The van der Waals surface area contributed by atoms with Gasteiger partial charge in [0.2, 0.25) is 10.0 Å². The van der Waals surface area contributed by atoms with E-state index in [4.69, 9.17) is 0 Å². The zero-order valence-corrected chi connectivity index (χ0v) is 13.6. The molecule has 0 bridgehead atoms. The summed E-state index contributed by atoms with van der Waals surface area (Å²) in [7, 11) is -3.92. The van der Waals surface area contributed by atoms with E-state index in [0.29, 0.717) is 6.42 Å². The van der Waals surface area contributed by atoms with Crippen LogP contribution in [0.3, 0.4) is 0 Å². The second-order valence-electron chi connectivity index (χ2n) is 4.94. The number of nitrogens with one attached hydrogen (secondary N) is 2. The Balaban J connectivity index is 0.00000242. The molecule has 9 heteroatoms. The summed E-state index contributed by atoms with van der Waals surface area (Å²) >= 11 is 0. The first-order valence-corrected chi connectivity index (χ1v) is 8.18. The lowest BCUT2D eigenvalue weighted by Crippen LogP contribution is -2.51. The van der Waals surface area contributed by atoms with Gasteiger partial charge in [-0.2, -0.15) is 8.78 Å². The zero-order chi connectivity index (χ0) is 15.5. The first-order valence-electron chi connectivity index (χ1n) is 6.70. The maximum absolute atomic E-state index is 12.4. The Morgan fingerprint density at radius 1 is 1.36 bits per heavy atom. The molecule has 0 aliphatic carbocycles. The van der Waals surface area contributed by atoms with E-state index in [1.54, 1.807) is 0 Å². The minimum Gasteiger partial charge on any atom is -0.433 e. The lowest BCUT2D eigenvalue weighted by molar-refractivity contribution is -0.0517. The van der Waals surface area contributed by atoms with Crippen LogP contribution < -0.4 is 14.8 Å². The van der Waals surface area contributed by atoms with Crippen LogP contribution in [0.5, 0.6) is 5.75 Å². The molecule has 1 aliphatic rings. The number of ether oxygens (including phenoxy) is 1. The quantitative estimate of drug-likeness (QED) is 0.848. The number of hydrogen-bond acceptors (Lipinski definition) is 4. The first-order chi connectivity index (χ1) is 9.90. The third kappa shape index (κ3) is 4.77. The summed E-state index contributed by atoms with van der Waals surface area (Å²) in [5, 5.41) is 3.17. The number of para-hydroxylation sites is 1. The number of halogens is 3. The summed E-state index contributed by atoms with van der Waals surface area (Å²) in [5.41, 5.74) is 0. The standard InChI is InChI=1S/C13H18F2N2O3S.ClH/c1-9-10(5-4-8-16-9)17-21(18,19)12-7-3-2-6-11(12)20-13(14)15;/h2-3,6-7,9-10,13,16-17H,4-5,8H2,1H3;1H. The largest absolute Gasteiger partial charge is 0.433 e. The Morgan fingerprint density at radius 2 is 2.05 bits per heavy atom. The molecule has 1 saturated heterocycles. The third-order valence-corrected chi connectivity index (χ3v) is 4.95. The Labute approximate surface area is 134 Å². The predicted molar refractivity (Wildman–Crippen MR) is 81.1 cm³/mol. The van der Waals surface area contributed by atoms with Crippen LogP contribution in [0.15, 0.2) is 29.2 Å². The molecule has 2 N–H and O–H groups in total. The van der Waals surface area contributed by atoms with Crippen LogP contribution in [0.1, 0.15) is 19.8 Å². The molecule has 2 rings (SSSR count). The molecule has 126 valence electrons. The summed E-state index contributed by atoms with van der Waals surface area (Å²) < 4.78 is 56.3. The van der Waals surface area contributed by atoms with Crippen LogP contribution in [0.25, 0.3) is 0 Å². The highest BCUT2D eigenvalue weighted by Crippen LogP contribution is 2.25. The highest BCUT2D eigenvalue weighted by atomic mass is 35.5. The summed E-state index contributed by atoms with van der Waals surface area (Å²) in [5.74, 6) is -0.351. The number of rotatable bonds is 5. The molecule has 1 aliphatic heterocycles.